The Morgan fingerprint density at radius 2 is 1.73 bits per heavy atom. The molecule has 0 radical (unpaired) electrons. The minimum absolute atomic E-state index is 0.0533. The Labute approximate surface area is 147 Å². The van der Waals surface area contributed by atoms with Crippen LogP contribution in [0.15, 0.2) is 59.7 Å². The molecule has 0 aromatic heterocycles. The Balaban J connectivity index is 1.79. The van der Waals surface area contributed by atoms with Crippen LogP contribution in [0, 0.1) is 10.1 Å². The van der Waals surface area contributed by atoms with E-state index in [2.05, 4.69) is 10.5 Å². The van der Waals surface area contributed by atoms with Gasteiger partial charge in [0.1, 0.15) is 5.75 Å². The van der Waals surface area contributed by atoms with Crippen LogP contribution >= 0.6 is 0 Å². The van der Waals surface area contributed by atoms with Crippen LogP contribution in [0.1, 0.15) is 15.9 Å². The Bertz CT molecular complexity index is 1050. The lowest BCUT2D eigenvalue weighted by Gasteiger charge is -2.05. The second-order valence-corrected chi connectivity index (χ2v) is 5.42. The molecule has 0 saturated heterocycles. The summed E-state index contributed by atoms with van der Waals surface area (Å²) >= 11 is 0. The zero-order chi connectivity index (χ0) is 18.7. The van der Waals surface area contributed by atoms with Crippen molar-refractivity contribution in [2.24, 2.45) is 5.10 Å². The predicted octanol–water partition coefficient (Wildman–Crippen LogP) is 2.92. The highest BCUT2D eigenvalue weighted by Gasteiger charge is 2.14. The highest BCUT2D eigenvalue weighted by atomic mass is 16.6. The van der Waals surface area contributed by atoms with E-state index in [1.54, 1.807) is 6.07 Å². The third-order valence-corrected chi connectivity index (χ3v) is 3.68. The first-order valence-electron chi connectivity index (χ1n) is 7.48. The smallest absolute Gasteiger partial charge is 0.311 e. The summed E-state index contributed by atoms with van der Waals surface area (Å²) in [6.07, 6.45) is 1.20. The van der Waals surface area contributed by atoms with Crippen molar-refractivity contribution in [1.29, 1.82) is 0 Å². The molecule has 0 aliphatic heterocycles. The van der Waals surface area contributed by atoms with Crippen molar-refractivity contribution in [1.82, 2.24) is 5.43 Å². The number of hydrogen-bond acceptors (Lipinski definition) is 6. The first kappa shape index (κ1) is 16.9. The second kappa shape index (κ2) is 6.89. The molecular weight excluding hydrogens is 338 g/mol. The Morgan fingerprint density at radius 1 is 1.04 bits per heavy atom. The summed E-state index contributed by atoms with van der Waals surface area (Å²) < 4.78 is 0. The quantitative estimate of drug-likeness (QED) is 0.378. The fraction of sp³-hybridized carbons (Fsp3) is 0. The van der Waals surface area contributed by atoms with Crippen LogP contribution in [0.25, 0.3) is 10.8 Å². The summed E-state index contributed by atoms with van der Waals surface area (Å²) in [5.41, 5.74) is 2.16. The average molecular weight is 351 g/mol. The van der Waals surface area contributed by atoms with Gasteiger partial charge in [0.2, 0.25) is 0 Å². The van der Waals surface area contributed by atoms with Gasteiger partial charge >= 0.3 is 5.69 Å². The van der Waals surface area contributed by atoms with Gasteiger partial charge in [0.05, 0.1) is 16.7 Å². The number of hydrazone groups is 1. The maximum atomic E-state index is 12.2. The fourth-order valence-electron chi connectivity index (χ4n) is 2.40. The lowest BCUT2D eigenvalue weighted by atomic mass is 10.1. The molecule has 26 heavy (non-hydrogen) atoms. The first-order chi connectivity index (χ1) is 12.5. The van der Waals surface area contributed by atoms with Crippen molar-refractivity contribution in [3.05, 3.63) is 75.8 Å². The highest BCUT2D eigenvalue weighted by molar-refractivity contribution is 6.01. The van der Waals surface area contributed by atoms with Gasteiger partial charge in [-0.25, -0.2) is 5.43 Å². The number of phenolic OH excluding ortho intramolecular Hbond substituents is 2. The minimum atomic E-state index is -0.724. The molecule has 0 bridgehead atoms. The van der Waals surface area contributed by atoms with Crippen LogP contribution in [0.3, 0.4) is 0 Å². The van der Waals surface area contributed by atoms with E-state index >= 15 is 0 Å². The predicted molar refractivity (Wildman–Crippen MR) is 95.4 cm³/mol. The van der Waals surface area contributed by atoms with Crippen molar-refractivity contribution >= 4 is 28.6 Å². The number of nitrogens with zero attached hydrogens (tertiary/aromatic N) is 2. The van der Waals surface area contributed by atoms with Gasteiger partial charge in [0.15, 0.2) is 5.75 Å². The third kappa shape index (κ3) is 3.44. The van der Waals surface area contributed by atoms with Gasteiger partial charge in [-0.2, -0.15) is 5.10 Å². The lowest BCUT2D eigenvalue weighted by Crippen LogP contribution is -2.17. The summed E-state index contributed by atoms with van der Waals surface area (Å²) in [5, 5.41) is 35.5. The zero-order valence-electron chi connectivity index (χ0n) is 13.3. The molecule has 0 unspecified atom stereocenters. The minimum Gasteiger partial charge on any atom is -0.507 e. The number of hydrogen-bond donors (Lipinski definition) is 3. The topological polar surface area (TPSA) is 125 Å². The van der Waals surface area contributed by atoms with Crippen LogP contribution in [0.2, 0.25) is 0 Å². The highest BCUT2D eigenvalue weighted by Crippen LogP contribution is 2.26. The van der Waals surface area contributed by atoms with Crippen LogP contribution < -0.4 is 5.43 Å². The molecule has 0 fully saturated rings. The molecule has 130 valence electrons. The summed E-state index contributed by atoms with van der Waals surface area (Å²) in [5.74, 6) is -1.27. The van der Waals surface area contributed by atoms with Crippen molar-refractivity contribution in [2.45, 2.75) is 0 Å². The number of nitro groups is 1. The molecule has 0 aliphatic carbocycles. The van der Waals surface area contributed by atoms with Gasteiger partial charge in [0, 0.05) is 11.6 Å². The molecule has 8 nitrogen and oxygen atoms in total. The van der Waals surface area contributed by atoms with E-state index < -0.39 is 22.3 Å². The van der Waals surface area contributed by atoms with Gasteiger partial charge in [0.25, 0.3) is 5.91 Å². The van der Waals surface area contributed by atoms with E-state index in [1.807, 2.05) is 24.3 Å². The SMILES string of the molecule is O=C(NN=Cc1ccc(O)c([N+](=O)[O-])c1)c1cc2ccccc2cc1O. The van der Waals surface area contributed by atoms with Crippen LogP contribution in [-0.2, 0) is 0 Å². The number of rotatable bonds is 4. The monoisotopic (exact) mass is 351 g/mol. The molecule has 3 aromatic carbocycles. The van der Waals surface area contributed by atoms with E-state index in [9.17, 15) is 25.1 Å². The van der Waals surface area contributed by atoms with E-state index in [1.165, 1.54) is 18.3 Å². The van der Waals surface area contributed by atoms with E-state index in [0.29, 0.717) is 5.56 Å². The van der Waals surface area contributed by atoms with Crippen LogP contribution in [0.5, 0.6) is 11.5 Å². The molecule has 0 spiro atoms. The molecular formula is C18H13N3O5. The molecule has 8 heteroatoms. The number of aromatic hydroxyl groups is 2. The van der Waals surface area contributed by atoms with Gasteiger partial charge < -0.3 is 10.2 Å². The number of amides is 1. The maximum Gasteiger partial charge on any atom is 0.311 e. The molecule has 0 atom stereocenters. The maximum absolute atomic E-state index is 12.2. The van der Waals surface area contributed by atoms with E-state index in [4.69, 9.17) is 0 Å². The number of carbonyl (C=O) groups is 1. The average Bonchev–Trinajstić information content (AvgIpc) is 2.62. The zero-order valence-corrected chi connectivity index (χ0v) is 13.3. The van der Waals surface area contributed by atoms with E-state index in [0.717, 1.165) is 22.9 Å². The molecule has 1 amide bonds. The molecule has 0 saturated carbocycles. The number of fused-ring (bicyclic) bond motifs is 1. The first-order valence-corrected chi connectivity index (χ1v) is 7.48. The van der Waals surface area contributed by atoms with Crippen molar-refractivity contribution in [3.63, 3.8) is 0 Å². The van der Waals surface area contributed by atoms with Crippen molar-refractivity contribution in [3.8, 4) is 11.5 Å². The van der Waals surface area contributed by atoms with Crippen molar-refractivity contribution < 1.29 is 19.9 Å². The standard InChI is InChI=1S/C18H13N3O5/c22-16-6-5-11(7-15(16)21(25)26)10-19-20-18(24)14-8-12-3-1-2-4-13(12)9-17(14)23/h1-10,22-23H,(H,20,24). The lowest BCUT2D eigenvalue weighted by molar-refractivity contribution is -0.385. The normalized spacial score (nSPS) is 10.9. The number of phenols is 2. The van der Waals surface area contributed by atoms with Gasteiger partial charge in [-0.1, -0.05) is 24.3 Å². The van der Waals surface area contributed by atoms with Gasteiger partial charge in [-0.15, -0.1) is 0 Å². The molecule has 0 heterocycles. The Hall–Kier alpha value is -3.94. The number of nitrogens with one attached hydrogen (secondary N) is 1. The van der Waals surface area contributed by atoms with E-state index in [-0.39, 0.29) is 11.3 Å². The number of nitro benzene ring substituents is 1. The van der Waals surface area contributed by atoms with Crippen LogP contribution in [-0.4, -0.2) is 27.3 Å². The second-order valence-electron chi connectivity index (χ2n) is 5.42. The largest absolute Gasteiger partial charge is 0.507 e. The summed E-state index contributed by atoms with van der Waals surface area (Å²) in [4.78, 5) is 22.3. The number of carbonyl (C=O) groups excluding carboxylic acids is 1. The molecule has 3 rings (SSSR count). The number of benzene rings is 3. The Kier molecular flexibility index (Phi) is 4.48. The molecule has 0 aliphatic rings. The van der Waals surface area contributed by atoms with Crippen molar-refractivity contribution in [2.75, 3.05) is 0 Å². The summed E-state index contributed by atoms with van der Waals surface area (Å²) in [6, 6.07) is 14.0. The fourth-order valence-corrected chi connectivity index (χ4v) is 2.40. The summed E-state index contributed by atoms with van der Waals surface area (Å²) in [6.45, 7) is 0. The van der Waals surface area contributed by atoms with Gasteiger partial charge in [-0.05, 0) is 35.0 Å². The molecule has 3 aromatic rings. The molecule has 3 N–H and O–H groups in total. The Morgan fingerprint density at radius 3 is 2.42 bits per heavy atom. The summed E-state index contributed by atoms with van der Waals surface area (Å²) in [7, 11) is 0. The van der Waals surface area contributed by atoms with Crippen LogP contribution in [0.4, 0.5) is 5.69 Å². The third-order valence-electron chi connectivity index (χ3n) is 3.68. The van der Waals surface area contributed by atoms with Gasteiger partial charge in [-0.3, -0.25) is 14.9 Å².